The number of methoxy groups -OCH3 is 1. The lowest BCUT2D eigenvalue weighted by Crippen LogP contribution is -2.12. The molecule has 0 bridgehead atoms. The molecule has 0 saturated carbocycles. The monoisotopic (exact) mass is 1910 g/mol. The first kappa shape index (κ1) is 122. The molecule has 1 fully saturated rings. The van der Waals surface area contributed by atoms with Crippen molar-refractivity contribution in [1.29, 1.82) is 5.26 Å². The molecule has 1 saturated heterocycles. The summed E-state index contributed by atoms with van der Waals surface area (Å²) < 4.78 is 47.5. The number of thiazole rings is 1. The lowest BCUT2D eigenvalue weighted by molar-refractivity contribution is 0.0716. The van der Waals surface area contributed by atoms with Crippen molar-refractivity contribution in [3.05, 3.63) is 466 Å². The fourth-order valence-electron chi connectivity index (χ4n) is 11.5. The van der Waals surface area contributed by atoms with Crippen LogP contribution in [0.25, 0.3) is 0 Å². The summed E-state index contributed by atoms with van der Waals surface area (Å²) in [6, 6.07) is 91.7. The fraction of sp³-hybridized carbons (Fsp3) is 0.325. The van der Waals surface area contributed by atoms with E-state index in [4.69, 9.17) is 37.9 Å². The van der Waals surface area contributed by atoms with Crippen LogP contribution in [0.3, 0.4) is 0 Å². The Morgan fingerprint density at radius 1 is 0.390 bits per heavy atom. The van der Waals surface area contributed by atoms with E-state index in [0.717, 1.165) is 140 Å². The molecule has 9 nitrogen and oxygen atoms in total. The number of rotatable bonds is 16. The maximum absolute atomic E-state index is 12.6. The third-order valence-corrected chi connectivity index (χ3v) is 22.9. The van der Waals surface area contributed by atoms with Crippen molar-refractivity contribution in [2.24, 2.45) is 5.92 Å². The number of ether oxygens (including phenoxy) is 2. The highest BCUT2D eigenvalue weighted by Gasteiger charge is 2.07. The van der Waals surface area contributed by atoms with Crippen LogP contribution in [-0.2, 0) is 94.6 Å². The van der Waals surface area contributed by atoms with Gasteiger partial charge >= 0.3 is 0 Å². The van der Waals surface area contributed by atoms with E-state index in [1.54, 1.807) is 79.8 Å². The minimum absolute atomic E-state index is 0.0972. The van der Waals surface area contributed by atoms with Crippen LogP contribution in [0.15, 0.2) is 340 Å². The van der Waals surface area contributed by atoms with Gasteiger partial charge in [-0.15, -0.1) is 22.7 Å². The fourth-order valence-corrected chi connectivity index (χ4v) is 12.9. The van der Waals surface area contributed by atoms with E-state index >= 15 is 0 Å². The van der Waals surface area contributed by atoms with Gasteiger partial charge in [-0.1, -0.05) is 321 Å². The molecule has 1 aliphatic heterocycles. The number of aryl methyl sites for hydroxylation is 17. The van der Waals surface area contributed by atoms with Crippen molar-refractivity contribution < 1.29 is 22.6 Å². The molecule has 10 aromatic carbocycles. The van der Waals surface area contributed by atoms with Crippen molar-refractivity contribution in [3.8, 4) is 11.8 Å². The number of nitriles is 1. The molecular formula is C120H152Cl2F3N7O2S2. The zero-order chi connectivity index (χ0) is 100. The van der Waals surface area contributed by atoms with Crippen LogP contribution in [-0.4, -0.2) is 50.2 Å². The maximum Gasteiger partial charge on any atom is 0.127 e. The molecule has 726 valence electrons. The van der Waals surface area contributed by atoms with E-state index in [1.165, 1.54) is 127 Å². The summed E-state index contributed by atoms with van der Waals surface area (Å²) in [6.07, 6.45) is 32.6. The number of aromatic nitrogens is 6. The highest BCUT2D eigenvalue weighted by molar-refractivity contribution is 7.10. The third-order valence-electron chi connectivity index (χ3n) is 20.3. The summed E-state index contributed by atoms with van der Waals surface area (Å²) in [6.45, 7) is 39.8. The molecule has 0 atom stereocenters. The molecule has 0 N–H and O–H groups in total. The average molecular weight is 1920 g/mol. The molecule has 1 aliphatic rings. The molecular weight excluding hydrogens is 1760 g/mol. The summed E-state index contributed by atoms with van der Waals surface area (Å²) in [4.78, 5) is 26.5. The molecule has 15 aromatic rings. The predicted octanol–water partition coefficient (Wildman–Crippen LogP) is 34.0. The average Bonchev–Trinajstić information content (AvgIpc) is 1.70. The summed E-state index contributed by atoms with van der Waals surface area (Å²) in [5.41, 5.74) is 19.9. The van der Waals surface area contributed by atoms with Crippen LogP contribution in [0.2, 0.25) is 10.0 Å². The van der Waals surface area contributed by atoms with Crippen LogP contribution in [0.1, 0.15) is 222 Å². The smallest absolute Gasteiger partial charge is 0.127 e. The summed E-state index contributed by atoms with van der Waals surface area (Å²) >= 11 is 15.0. The van der Waals surface area contributed by atoms with Gasteiger partial charge in [0.25, 0.3) is 0 Å². The quantitative estimate of drug-likeness (QED) is 0.0931. The van der Waals surface area contributed by atoms with E-state index in [9.17, 15) is 13.2 Å². The standard InChI is InChI=1S/C9H11Cl.C9H11F.C9H9N.C9H12O.C9H12.C8H9Cl.2C8H9F.C8H10.C7H9N.C7H8.2C6H8N2.C6H12O.C6H8S.C5H7NS/c1-3-8-4-5-9(10)7(2)6-8;1-3-8-4-5-9(10)6-7(8)2;1-2-8-3-5-9(7-10)6-4-8;1-3-8-4-6-9(10-2)7-5-8;1-2-6-9-7-4-3-5-8-9;2*1-2-7-3-5-8(9)6-4-7;1-2-7-5-3-4-6-8(7)9;1-2-8-6-4-3-5-7-8;1-2-7-3-5-8-6-4-7;1-7-5-3-2-4-6-7;1-2-6-5-7-3-4-8-6;1-2-6-7-4-3-5-8-6;1-6-2-4-7-5-3-6;1-2-6-4-3-5-7-6;1-2-5-3-6-4-7-5/h2*4-6H,3H2,1-2H3;3-6H,2H2,1H3;4-7H,3H2,1-2H3;3-5,7-8H,2,6H2,1H3;3*3-6H,2H2,1H3;3-7H,2H2,1H3;3-6H,2H2,1H3;2-6H,1H3;2*3-5H,2H2,1H3;6H,2-5H2,1H3;3-5H,2H2,1H3;3-4H,2H2,1H3. The highest BCUT2D eigenvalue weighted by atomic mass is 35.5. The number of pyridine rings is 1. The Morgan fingerprint density at radius 3 is 1.24 bits per heavy atom. The van der Waals surface area contributed by atoms with Crippen LogP contribution in [0, 0.1) is 55.5 Å². The predicted molar refractivity (Wildman–Crippen MR) is 580 cm³/mol. The van der Waals surface area contributed by atoms with E-state index in [1.807, 2.05) is 191 Å². The molecule has 0 radical (unpaired) electrons. The van der Waals surface area contributed by atoms with Gasteiger partial charge in [0.1, 0.15) is 29.0 Å². The molecule has 16 rings (SSSR count). The minimum Gasteiger partial charge on any atom is -0.497 e. The first-order valence-corrected chi connectivity index (χ1v) is 50.3. The summed E-state index contributed by atoms with van der Waals surface area (Å²) in [7, 11) is 1.68. The normalized spacial score (nSPS) is 10.2. The molecule has 0 amide bonds. The van der Waals surface area contributed by atoms with E-state index in [2.05, 4.69) is 234 Å². The van der Waals surface area contributed by atoms with Crippen molar-refractivity contribution in [2.75, 3.05) is 20.3 Å². The van der Waals surface area contributed by atoms with Gasteiger partial charge in [0.05, 0.1) is 29.9 Å². The maximum atomic E-state index is 12.6. The van der Waals surface area contributed by atoms with Gasteiger partial charge in [-0.2, -0.15) is 5.26 Å². The Labute approximate surface area is 835 Å². The molecule has 6 heterocycles. The Bertz CT molecular complexity index is 5000. The Hall–Kier alpha value is -11.5. The second-order valence-electron chi connectivity index (χ2n) is 30.7. The van der Waals surface area contributed by atoms with E-state index in [-0.39, 0.29) is 17.5 Å². The zero-order valence-corrected chi connectivity index (χ0v) is 87.6. The van der Waals surface area contributed by atoms with Gasteiger partial charge in [-0.3, -0.25) is 19.9 Å². The van der Waals surface area contributed by atoms with Crippen molar-refractivity contribution in [1.82, 2.24) is 29.9 Å². The topological polar surface area (TPSA) is 120 Å². The van der Waals surface area contributed by atoms with Gasteiger partial charge in [-0.25, -0.2) is 23.1 Å². The van der Waals surface area contributed by atoms with Crippen LogP contribution >= 0.6 is 45.9 Å². The number of benzene rings is 10. The number of thiophene rings is 1. The van der Waals surface area contributed by atoms with Crippen LogP contribution in [0.5, 0.6) is 5.75 Å². The SMILES string of the molecule is CC1CCOCC1.CCCc1ccccc1.CCc1ccc(C#N)cc1.CCc1ccc(Cl)c(C)c1.CCc1ccc(Cl)cc1.CCc1ccc(F)cc1.CCc1ccc(F)cc1C.CCc1ccc(OC)cc1.CCc1ccccc1.CCc1ccccc1F.CCc1cccs1.CCc1ccncc1.CCc1cnccn1.CCc1cncs1.CCc1ncccn1.Cc1ccccc1. The molecule has 0 spiro atoms. The van der Waals surface area contributed by atoms with Gasteiger partial charge in [0, 0.05) is 89.0 Å². The van der Waals surface area contributed by atoms with Crippen LogP contribution in [0.4, 0.5) is 13.2 Å². The Morgan fingerprint density at radius 2 is 0.875 bits per heavy atom. The summed E-state index contributed by atoms with van der Waals surface area (Å²) in [5.74, 6) is 2.35. The van der Waals surface area contributed by atoms with E-state index < -0.39 is 0 Å². The highest BCUT2D eigenvalue weighted by Crippen LogP contribution is 2.19. The second kappa shape index (κ2) is 82.9. The third kappa shape index (κ3) is 63.7. The Balaban J connectivity index is 0.000000726. The first-order chi connectivity index (χ1) is 66.0. The first-order valence-electron chi connectivity index (χ1n) is 47.8. The molecule has 0 unspecified atom stereocenters. The van der Waals surface area contributed by atoms with Gasteiger partial charge in [0.15, 0.2) is 0 Å². The second-order valence-corrected chi connectivity index (χ2v) is 33.5. The van der Waals surface area contributed by atoms with Gasteiger partial charge in [0.2, 0.25) is 0 Å². The molecule has 136 heavy (non-hydrogen) atoms. The minimum atomic E-state index is -0.160. The zero-order valence-electron chi connectivity index (χ0n) is 84.5. The van der Waals surface area contributed by atoms with Gasteiger partial charge < -0.3 is 9.47 Å². The molecule has 5 aromatic heterocycles. The van der Waals surface area contributed by atoms with Crippen molar-refractivity contribution in [3.63, 3.8) is 0 Å². The van der Waals surface area contributed by atoms with Crippen molar-refractivity contribution in [2.45, 2.75) is 234 Å². The number of nitrogens with zero attached hydrogens (tertiary/aromatic N) is 7. The lowest BCUT2D eigenvalue weighted by Gasteiger charge is -2.16. The molecule has 0 aliphatic carbocycles. The largest absolute Gasteiger partial charge is 0.497 e. The number of halogens is 5. The van der Waals surface area contributed by atoms with Crippen molar-refractivity contribution >= 4 is 45.9 Å². The lowest BCUT2D eigenvalue weighted by atomic mass is 10.0. The number of hydrogen-bond acceptors (Lipinski definition) is 11. The van der Waals surface area contributed by atoms with Crippen LogP contribution < -0.4 is 4.74 Å². The van der Waals surface area contributed by atoms with Gasteiger partial charge in [-0.05, 0) is 292 Å². The number of hydrogen-bond donors (Lipinski definition) is 0. The molecule has 16 heteroatoms. The van der Waals surface area contributed by atoms with E-state index in [0.29, 0.717) is 0 Å². The Kier molecular flexibility index (Phi) is 74.6. The summed E-state index contributed by atoms with van der Waals surface area (Å²) in [5, 5.41) is 12.2.